The molecule has 11 nitrogen and oxygen atoms in total. The summed E-state index contributed by atoms with van der Waals surface area (Å²) in [5.74, 6) is -0.541. The lowest BCUT2D eigenvalue weighted by molar-refractivity contribution is 0.186. The predicted molar refractivity (Wildman–Crippen MR) is 163 cm³/mol. The Hall–Kier alpha value is -4.31. The van der Waals surface area contributed by atoms with Crippen LogP contribution in [0.25, 0.3) is 10.9 Å². The fraction of sp³-hybridized carbons (Fsp3) is 0.310. The first kappa shape index (κ1) is 28.8. The highest BCUT2D eigenvalue weighted by molar-refractivity contribution is 6.36. The molecule has 1 atom stereocenters. The maximum atomic E-state index is 13.8. The molecule has 0 bridgehead atoms. The summed E-state index contributed by atoms with van der Waals surface area (Å²) in [4.78, 5) is 6.86. The number of nitrogens with zero attached hydrogens (tertiary/aromatic N) is 9. The van der Waals surface area contributed by atoms with E-state index in [4.69, 9.17) is 23.2 Å². The van der Waals surface area contributed by atoms with E-state index in [1.165, 1.54) is 24.4 Å². The summed E-state index contributed by atoms with van der Waals surface area (Å²) in [6, 6.07) is 9.79. The van der Waals surface area contributed by atoms with Gasteiger partial charge in [0.2, 0.25) is 0 Å². The van der Waals surface area contributed by atoms with Crippen LogP contribution in [0.15, 0.2) is 48.9 Å². The Bertz CT molecular complexity index is 1820. The van der Waals surface area contributed by atoms with E-state index in [9.17, 15) is 9.65 Å². The third-order valence-electron chi connectivity index (χ3n) is 7.66. The van der Waals surface area contributed by atoms with Crippen molar-refractivity contribution in [2.45, 2.75) is 31.8 Å². The van der Waals surface area contributed by atoms with E-state index in [2.05, 4.69) is 54.1 Å². The minimum Gasteiger partial charge on any atom is -0.371 e. The summed E-state index contributed by atoms with van der Waals surface area (Å²) in [7, 11) is 1.80. The second kappa shape index (κ2) is 12.1. The number of benzene rings is 2. The van der Waals surface area contributed by atoms with Crippen LogP contribution in [0.3, 0.4) is 0 Å². The van der Waals surface area contributed by atoms with Gasteiger partial charge in [0, 0.05) is 43.1 Å². The van der Waals surface area contributed by atoms with Crippen molar-refractivity contribution in [2.24, 2.45) is 7.05 Å². The van der Waals surface area contributed by atoms with Crippen molar-refractivity contribution in [1.29, 1.82) is 5.26 Å². The third kappa shape index (κ3) is 5.97. The Morgan fingerprint density at radius 2 is 1.79 bits per heavy atom. The minimum absolute atomic E-state index is 0.0435. The molecule has 1 unspecified atom stereocenters. The average molecular weight is 621 g/mol. The van der Waals surface area contributed by atoms with E-state index in [1.54, 1.807) is 17.8 Å². The van der Waals surface area contributed by atoms with E-state index in [1.807, 2.05) is 23.1 Å². The van der Waals surface area contributed by atoms with Crippen molar-refractivity contribution >= 4 is 51.2 Å². The number of hydrogen-bond acceptors (Lipinski definition) is 9. The van der Waals surface area contributed by atoms with E-state index < -0.39 is 11.9 Å². The normalized spacial score (nSPS) is 15.0. The molecule has 5 aromatic rings. The van der Waals surface area contributed by atoms with E-state index in [0.717, 1.165) is 32.5 Å². The summed E-state index contributed by atoms with van der Waals surface area (Å²) in [5, 5.41) is 35.0. The molecule has 0 aliphatic carbocycles. The van der Waals surface area contributed by atoms with Gasteiger partial charge in [-0.2, -0.15) is 5.26 Å². The molecule has 2 N–H and O–H groups in total. The van der Waals surface area contributed by atoms with Gasteiger partial charge in [-0.25, -0.2) is 9.07 Å². The number of aryl methyl sites for hydroxylation is 1. The minimum atomic E-state index is -0.541. The summed E-state index contributed by atoms with van der Waals surface area (Å²) >= 11 is 12.7. The van der Waals surface area contributed by atoms with Crippen LogP contribution in [-0.4, -0.2) is 59.5 Å². The van der Waals surface area contributed by atoms with Crippen molar-refractivity contribution in [1.82, 2.24) is 39.9 Å². The number of anilines is 3. The first-order valence-electron chi connectivity index (χ1n) is 13.8. The number of likely N-dealkylation sites (tertiary alicyclic amines) is 1. The van der Waals surface area contributed by atoms with Crippen molar-refractivity contribution in [3.63, 3.8) is 0 Å². The molecule has 43 heavy (non-hydrogen) atoms. The Morgan fingerprint density at radius 1 is 1.05 bits per heavy atom. The van der Waals surface area contributed by atoms with Crippen LogP contribution in [0.5, 0.6) is 0 Å². The fourth-order valence-electron chi connectivity index (χ4n) is 5.35. The highest BCUT2D eigenvalue weighted by Gasteiger charge is 2.26. The molecule has 4 heterocycles. The van der Waals surface area contributed by atoms with Gasteiger partial charge in [0.1, 0.15) is 29.3 Å². The van der Waals surface area contributed by atoms with Crippen LogP contribution in [-0.2, 0) is 7.05 Å². The van der Waals surface area contributed by atoms with Gasteiger partial charge in [-0.15, -0.1) is 10.2 Å². The fourth-order valence-corrected chi connectivity index (χ4v) is 5.79. The second-order valence-corrected chi connectivity index (χ2v) is 11.3. The molecule has 3 aromatic heterocycles. The summed E-state index contributed by atoms with van der Waals surface area (Å²) < 4.78 is 17.4. The lowest BCUT2D eigenvalue weighted by Gasteiger charge is -2.30. The van der Waals surface area contributed by atoms with Crippen LogP contribution < -0.4 is 10.6 Å². The maximum Gasteiger partial charge on any atom is 0.141 e. The number of halogens is 3. The topological polar surface area (TPSA) is 125 Å². The molecule has 0 saturated carbocycles. The molecule has 220 valence electrons. The second-order valence-electron chi connectivity index (χ2n) is 10.5. The smallest absolute Gasteiger partial charge is 0.141 e. The molecule has 2 aromatic carbocycles. The number of piperidine rings is 1. The lowest BCUT2D eigenvalue weighted by atomic mass is 10.1. The van der Waals surface area contributed by atoms with Gasteiger partial charge in [0.15, 0.2) is 0 Å². The van der Waals surface area contributed by atoms with Gasteiger partial charge in [0.25, 0.3) is 0 Å². The summed E-state index contributed by atoms with van der Waals surface area (Å²) in [6.45, 7) is 5.27. The number of pyridine rings is 1. The van der Waals surface area contributed by atoms with Crippen LogP contribution in [0.1, 0.15) is 48.8 Å². The zero-order valence-corrected chi connectivity index (χ0v) is 25.0. The van der Waals surface area contributed by atoms with Crippen LogP contribution in [0.2, 0.25) is 10.0 Å². The van der Waals surface area contributed by atoms with Gasteiger partial charge in [-0.1, -0.05) is 40.6 Å². The van der Waals surface area contributed by atoms with E-state index in [-0.39, 0.29) is 16.6 Å². The molecule has 1 fully saturated rings. The Labute approximate surface area is 257 Å². The van der Waals surface area contributed by atoms with Gasteiger partial charge in [-0.3, -0.25) is 9.67 Å². The van der Waals surface area contributed by atoms with Crippen LogP contribution in [0.4, 0.5) is 21.5 Å². The zero-order chi connectivity index (χ0) is 30.1. The Balaban J connectivity index is 1.37. The highest BCUT2D eigenvalue weighted by atomic mass is 35.5. The first-order chi connectivity index (χ1) is 20.8. The summed E-state index contributed by atoms with van der Waals surface area (Å²) in [5.41, 5.74) is 3.69. The van der Waals surface area contributed by atoms with E-state index >= 15 is 0 Å². The Morgan fingerprint density at radius 3 is 2.49 bits per heavy atom. The molecule has 1 aliphatic rings. The van der Waals surface area contributed by atoms with Gasteiger partial charge in [-0.05, 0) is 49.7 Å². The Kier molecular flexibility index (Phi) is 8.12. The lowest BCUT2D eigenvalue weighted by Crippen LogP contribution is -2.34. The summed E-state index contributed by atoms with van der Waals surface area (Å²) in [6.07, 6.45) is 7.23. The standard InChI is InChI=1S/C29H28Cl2FN11/c1-3-42-8-6-20(7-9-42)43-16-26(38-40-43)29(25-15-41(2)39-37-25)36-19-10-21-27(35-18-4-5-24(32)22(30)11-18)17(13-33)14-34-28(21)23(31)12-19/h4-5,10-12,14-16,20,29,36H,3,6-9H2,1-2H3,(H,34,35). The van der Waals surface area contributed by atoms with Gasteiger partial charge < -0.3 is 15.5 Å². The molecule has 1 saturated heterocycles. The molecular weight excluding hydrogens is 592 g/mol. The quantitative estimate of drug-likeness (QED) is 0.219. The van der Waals surface area contributed by atoms with Crippen molar-refractivity contribution < 1.29 is 4.39 Å². The van der Waals surface area contributed by atoms with Gasteiger partial charge in [0.05, 0.1) is 45.2 Å². The van der Waals surface area contributed by atoms with Crippen molar-refractivity contribution in [3.8, 4) is 6.07 Å². The van der Waals surface area contributed by atoms with Crippen LogP contribution in [0, 0.1) is 17.1 Å². The first-order valence-corrected chi connectivity index (χ1v) is 14.6. The molecule has 0 spiro atoms. The number of nitriles is 1. The largest absolute Gasteiger partial charge is 0.371 e. The number of fused-ring (bicyclic) bond motifs is 1. The molecular formula is C29H28Cl2FN11. The number of rotatable bonds is 8. The third-order valence-corrected chi connectivity index (χ3v) is 8.24. The van der Waals surface area contributed by atoms with Gasteiger partial charge >= 0.3 is 0 Å². The molecule has 1 aliphatic heterocycles. The number of nitrogens with one attached hydrogen (secondary N) is 2. The molecule has 0 amide bonds. The highest BCUT2D eigenvalue weighted by Crippen LogP contribution is 2.37. The average Bonchev–Trinajstić information content (AvgIpc) is 3.68. The monoisotopic (exact) mass is 619 g/mol. The zero-order valence-electron chi connectivity index (χ0n) is 23.5. The van der Waals surface area contributed by atoms with Crippen molar-refractivity contribution in [2.75, 3.05) is 30.3 Å². The van der Waals surface area contributed by atoms with E-state index in [0.29, 0.717) is 44.4 Å². The number of aromatic nitrogens is 7. The van der Waals surface area contributed by atoms with Crippen molar-refractivity contribution in [3.05, 3.63) is 81.7 Å². The molecule has 6 rings (SSSR count). The maximum absolute atomic E-state index is 13.8. The predicted octanol–water partition coefficient (Wildman–Crippen LogP) is 5.87. The molecule has 14 heteroatoms. The SMILES string of the molecule is CCN1CCC(n2cc(C(Nc3cc(Cl)c4ncc(C#N)c(Nc5ccc(F)c(Cl)c5)c4c3)c3cn(C)nn3)nn2)CC1. The number of hydrogen-bond donors (Lipinski definition) is 2. The molecule has 0 radical (unpaired) electrons. The van der Waals surface area contributed by atoms with Crippen LogP contribution >= 0.6 is 23.2 Å².